The lowest BCUT2D eigenvalue weighted by Gasteiger charge is -2.26. The highest BCUT2D eigenvalue weighted by molar-refractivity contribution is 5.97. The van der Waals surface area contributed by atoms with Gasteiger partial charge in [0.2, 0.25) is 11.8 Å². The Morgan fingerprint density at radius 1 is 1.18 bits per heavy atom. The maximum atomic E-state index is 13.4. The van der Waals surface area contributed by atoms with E-state index in [4.69, 9.17) is 0 Å². The molecule has 3 atom stereocenters. The Labute approximate surface area is 232 Å². The molecule has 40 heavy (non-hydrogen) atoms. The van der Waals surface area contributed by atoms with Crippen LogP contribution in [0.3, 0.4) is 0 Å². The van der Waals surface area contributed by atoms with E-state index in [1.54, 1.807) is 6.07 Å². The summed E-state index contributed by atoms with van der Waals surface area (Å²) in [6.45, 7) is 3.75. The maximum Gasteiger partial charge on any atom is 0.270 e. The van der Waals surface area contributed by atoms with Crippen molar-refractivity contribution >= 4 is 34.7 Å². The van der Waals surface area contributed by atoms with Crippen LogP contribution in [0.25, 0.3) is 17.0 Å². The van der Waals surface area contributed by atoms with Gasteiger partial charge < -0.3 is 20.6 Å². The van der Waals surface area contributed by atoms with Crippen molar-refractivity contribution in [2.45, 2.75) is 51.3 Å². The van der Waals surface area contributed by atoms with Crippen molar-refractivity contribution in [3.63, 3.8) is 0 Å². The molecule has 0 radical (unpaired) electrons. The molecule has 2 aliphatic rings. The molecule has 0 unspecified atom stereocenters. The number of allylic oxidation sites excluding steroid dienone is 1. The lowest BCUT2D eigenvalue weighted by Crippen LogP contribution is -2.49. The van der Waals surface area contributed by atoms with Crippen molar-refractivity contribution in [2.24, 2.45) is 5.41 Å². The van der Waals surface area contributed by atoms with Crippen molar-refractivity contribution in [1.29, 1.82) is 0 Å². The third-order valence-corrected chi connectivity index (χ3v) is 7.71. The highest BCUT2D eigenvalue weighted by Gasteiger charge is 2.39. The molecular formula is C31H33FN4O4. The first-order valence-corrected chi connectivity index (χ1v) is 13.5. The fraction of sp³-hybridized carbons (Fsp3) is 0.355. The van der Waals surface area contributed by atoms with Gasteiger partial charge in [0.25, 0.3) is 5.91 Å². The molecule has 1 aromatic heterocycles. The van der Waals surface area contributed by atoms with E-state index in [1.807, 2.05) is 31.2 Å². The molecule has 2 fully saturated rings. The van der Waals surface area contributed by atoms with Crippen LogP contribution in [0, 0.1) is 11.2 Å². The molecule has 3 amide bonds. The first-order chi connectivity index (χ1) is 19.1. The van der Waals surface area contributed by atoms with Crippen molar-refractivity contribution in [2.75, 3.05) is 13.1 Å². The number of benzene rings is 2. The summed E-state index contributed by atoms with van der Waals surface area (Å²) < 4.78 is 13.4. The third-order valence-electron chi connectivity index (χ3n) is 7.71. The quantitative estimate of drug-likeness (QED) is 0.400. The van der Waals surface area contributed by atoms with Crippen LogP contribution in [0.15, 0.2) is 60.7 Å². The molecule has 2 aromatic carbocycles. The van der Waals surface area contributed by atoms with E-state index in [-0.39, 0.29) is 42.6 Å². The summed E-state index contributed by atoms with van der Waals surface area (Å²) in [7, 11) is 0. The number of nitrogens with one attached hydrogen (secondary N) is 2. The average molecular weight is 545 g/mol. The number of carbonyl (C=O) groups excluding carboxylic acids is 3. The summed E-state index contributed by atoms with van der Waals surface area (Å²) in [5.74, 6) is -1.82. The van der Waals surface area contributed by atoms with Gasteiger partial charge >= 0.3 is 0 Å². The molecule has 1 aliphatic heterocycles. The highest BCUT2D eigenvalue weighted by atomic mass is 19.1. The minimum Gasteiger partial charge on any atom is -0.391 e. The van der Waals surface area contributed by atoms with Crippen LogP contribution < -0.4 is 10.6 Å². The van der Waals surface area contributed by atoms with Crippen molar-refractivity contribution < 1.29 is 23.9 Å². The molecule has 208 valence electrons. The van der Waals surface area contributed by atoms with Gasteiger partial charge in [0.05, 0.1) is 24.2 Å². The van der Waals surface area contributed by atoms with E-state index in [1.165, 1.54) is 42.0 Å². The zero-order valence-corrected chi connectivity index (χ0v) is 22.6. The topological polar surface area (TPSA) is 112 Å². The summed E-state index contributed by atoms with van der Waals surface area (Å²) in [5.41, 5.74) is 2.77. The van der Waals surface area contributed by atoms with E-state index < -0.39 is 29.8 Å². The molecule has 8 nitrogen and oxygen atoms in total. The summed E-state index contributed by atoms with van der Waals surface area (Å²) >= 11 is 0. The molecule has 2 heterocycles. The third kappa shape index (κ3) is 6.20. The minimum atomic E-state index is -0.858. The maximum absolute atomic E-state index is 13.4. The number of hydrogen-bond acceptors (Lipinski definition) is 5. The number of amides is 3. The second kappa shape index (κ2) is 11.2. The molecule has 5 rings (SSSR count). The molecule has 1 saturated heterocycles. The number of nitrogens with zero attached hydrogens (tertiary/aromatic N) is 2. The Bertz CT molecular complexity index is 1490. The van der Waals surface area contributed by atoms with Gasteiger partial charge in [0.15, 0.2) is 0 Å². The molecular weight excluding hydrogens is 511 g/mol. The van der Waals surface area contributed by atoms with Gasteiger partial charge in [-0.15, -0.1) is 0 Å². The van der Waals surface area contributed by atoms with Gasteiger partial charge in [-0.3, -0.25) is 14.4 Å². The van der Waals surface area contributed by atoms with Crippen LogP contribution >= 0.6 is 0 Å². The molecule has 0 bridgehead atoms. The second-order valence-electron chi connectivity index (χ2n) is 11.0. The Kier molecular flexibility index (Phi) is 7.67. The van der Waals surface area contributed by atoms with Gasteiger partial charge in [0.1, 0.15) is 17.6 Å². The van der Waals surface area contributed by atoms with Gasteiger partial charge in [-0.25, -0.2) is 9.37 Å². The van der Waals surface area contributed by atoms with Crippen LogP contribution in [-0.2, 0) is 9.59 Å². The Morgan fingerprint density at radius 3 is 2.73 bits per heavy atom. The monoisotopic (exact) mass is 544 g/mol. The van der Waals surface area contributed by atoms with Crippen LogP contribution in [0.2, 0.25) is 0 Å². The number of aromatic nitrogens is 1. The van der Waals surface area contributed by atoms with E-state index in [2.05, 4.69) is 34.7 Å². The SMILES string of the molecule is C[C@H](NC(=O)[C@@H]1C[C@@H](O)CN1C(=O)CNC(=O)c1ccc2cc(F)ccc2n1)c1ccccc1/C=C/C1(C)CC1. The Balaban J connectivity index is 1.21. The normalized spacial score (nSPS) is 20.4. The van der Waals surface area contributed by atoms with Crippen LogP contribution in [0.4, 0.5) is 4.39 Å². The van der Waals surface area contributed by atoms with E-state index in [0.717, 1.165) is 11.1 Å². The summed E-state index contributed by atoms with van der Waals surface area (Å²) in [5, 5.41) is 16.4. The number of likely N-dealkylation sites (tertiary alicyclic amines) is 1. The smallest absolute Gasteiger partial charge is 0.270 e. The molecule has 3 N–H and O–H groups in total. The van der Waals surface area contributed by atoms with Gasteiger partial charge in [-0.1, -0.05) is 49.4 Å². The Morgan fingerprint density at radius 2 is 1.95 bits per heavy atom. The number of rotatable bonds is 8. The van der Waals surface area contributed by atoms with Crippen molar-refractivity contribution in [3.8, 4) is 0 Å². The number of hydrogen-bond donors (Lipinski definition) is 3. The predicted molar refractivity (Wildman–Crippen MR) is 150 cm³/mol. The van der Waals surface area contributed by atoms with Crippen LogP contribution in [0.1, 0.15) is 60.8 Å². The lowest BCUT2D eigenvalue weighted by atomic mass is 9.98. The second-order valence-corrected chi connectivity index (χ2v) is 11.0. The van der Waals surface area contributed by atoms with E-state index in [0.29, 0.717) is 10.9 Å². The number of pyridine rings is 1. The highest BCUT2D eigenvalue weighted by Crippen LogP contribution is 2.46. The van der Waals surface area contributed by atoms with Crippen molar-refractivity contribution in [3.05, 3.63) is 83.3 Å². The summed E-state index contributed by atoms with van der Waals surface area (Å²) in [6.07, 6.45) is 5.93. The van der Waals surface area contributed by atoms with E-state index >= 15 is 0 Å². The first-order valence-electron chi connectivity index (χ1n) is 13.5. The Hall–Kier alpha value is -4.11. The minimum absolute atomic E-state index is 0.00112. The molecule has 1 aliphatic carbocycles. The number of fused-ring (bicyclic) bond motifs is 1. The van der Waals surface area contributed by atoms with Gasteiger partial charge in [-0.2, -0.15) is 0 Å². The zero-order valence-electron chi connectivity index (χ0n) is 22.6. The fourth-order valence-corrected chi connectivity index (χ4v) is 5.01. The standard InChI is InChI=1S/C31H33FN4O4/c1-19(24-6-4-3-5-20(24)11-12-31(2)13-14-31)34-30(40)27-16-23(37)18-36(27)28(38)17-33-29(39)26-9-7-21-15-22(32)8-10-25(21)35-26/h3-12,15,19,23,27,37H,13-14,16-18H2,1-2H3,(H,33,39)(H,34,40)/b12-11+/t19-,23+,27-/m0/s1. The average Bonchev–Trinajstić information content (AvgIpc) is 3.55. The number of aliphatic hydroxyl groups is 1. The van der Waals surface area contributed by atoms with Gasteiger partial charge in [-0.05, 0) is 60.6 Å². The largest absolute Gasteiger partial charge is 0.391 e. The molecule has 1 saturated carbocycles. The number of carbonyl (C=O) groups is 3. The number of β-amino-alcohol motifs (C(OH)–C–C–N with tert-alkyl or cyclic N) is 1. The lowest BCUT2D eigenvalue weighted by molar-refractivity contribution is -0.138. The summed E-state index contributed by atoms with van der Waals surface area (Å²) in [6, 6.07) is 13.8. The van der Waals surface area contributed by atoms with Gasteiger partial charge in [0, 0.05) is 18.4 Å². The molecule has 3 aromatic rings. The van der Waals surface area contributed by atoms with Crippen molar-refractivity contribution in [1.82, 2.24) is 20.5 Å². The zero-order chi connectivity index (χ0) is 28.4. The predicted octanol–water partition coefficient (Wildman–Crippen LogP) is 3.76. The van der Waals surface area contributed by atoms with Crippen LogP contribution in [0.5, 0.6) is 0 Å². The molecule has 0 spiro atoms. The first kappa shape index (κ1) is 27.5. The summed E-state index contributed by atoms with van der Waals surface area (Å²) in [4.78, 5) is 44.5. The fourth-order valence-electron chi connectivity index (χ4n) is 5.01. The number of aliphatic hydroxyl groups excluding tert-OH is 1. The molecule has 9 heteroatoms. The number of halogens is 1. The van der Waals surface area contributed by atoms with E-state index in [9.17, 15) is 23.9 Å². The van der Waals surface area contributed by atoms with Crippen LogP contribution in [-0.4, -0.2) is 57.9 Å².